The minimum absolute atomic E-state index is 0.0635. The SMILES string of the molecule is O=C(Nc1nc2c(s1)CCC2C(=O)NCc1ccco1)c1ccccc1. The van der Waals surface area contributed by atoms with Crippen LogP contribution in [0.1, 0.15) is 39.0 Å². The molecule has 3 aromatic rings. The van der Waals surface area contributed by atoms with Crippen LogP contribution in [-0.4, -0.2) is 16.8 Å². The van der Waals surface area contributed by atoms with E-state index in [1.54, 1.807) is 24.5 Å². The predicted molar refractivity (Wildman–Crippen MR) is 98.1 cm³/mol. The van der Waals surface area contributed by atoms with Crippen LogP contribution in [0.15, 0.2) is 53.1 Å². The maximum absolute atomic E-state index is 12.5. The highest BCUT2D eigenvalue weighted by Gasteiger charge is 2.32. The maximum Gasteiger partial charge on any atom is 0.257 e. The number of rotatable bonds is 5. The van der Waals surface area contributed by atoms with Crippen molar-refractivity contribution in [3.63, 3.8) is 0 Å². The molecule has 7 heteroatoms. The van der Waals surface area contributed by atoms with E-state index in [2.05, 4.69) is 15.6 Å². The molecule has 1 aliphatic rings. The van der Waals surface area contributed by atoms with Crippen molar-refractivity contribution in [2.75, 3.05) is 5.32 Å². The fraction of sp³-hybridized carbons (Fsp3) is 0.211. The van der Waals surface area contributed by atoms with Gasteiger partial charge < -0.3 is 9.73 Å². The van der Waals surface area contributed by atoms with E-state index >= 15 is 0 Å². The number of hydrogen-bond donors (Lipinski definition) is 2. The van der Waals surface area contributed by atoms with Crippen LogP contribution in [0.4, 0.5) is 5.13 Å². The predicted octanol–water partition coefficient (Wildman–Crippen LogP) is 3.33. The lowest BCUT2D eigenvalue weighted by atomic mass is 10.1. The van der Waals surface area contributed by atoms with Crippen molar-refractivity contribution in [1.82, 2.24) is 10.3 Å². The molecule has 1 aromatic carbocycles. The fourth-order valence-electron chi connectivity index (χ4n) is 3.01. The van der Waals surface area contributed by atoms with Gasteiger partial charge in [-0.2, -0.15) is 0 Å². The lowest BCUT2D eigenvalue weighted by molar-refractivity contribution is -0.122. The first-order chi connectivity index (χ1) is 12.7. The average Bonchev–Trinajstić information content (AvgIpc) is 3.37. The highest BCUT2D eigenvalue weighted by Crippen LogP contribution is 2.38. The standard InChI is InChI=1S/C19H17N3O3S/c23-17(12-5-2-1-3-6-12)22-19-21-16-14(8-9-15(16)26-19)18(24)20-11-13-7-4-10-25-13/h1-7,10,14H,8-9,11H2,(H,20,24)(H,21,22,23). The highest BCUT2D eigenvalue weighted by atomic mass is 32.1. The van der Waals surface area contributed by atoms with Crippen LogP contribution in [0.3, 0.4) is 0 Å². The second-order valence-corrected chi connectivity index (χ2v) is 7.12. The van der Waals surface area contributed by atoms with Crippen molar-refractivity contribution >= 4 is 28.3 Å². The number of thiazole rings is 1. The summed E-state index contributed by atoms with van der Waals surface area (Å²) in [7, 11) is 0. The molecule has 26 heavy (non-hydrogen) atoms. The highest BCUT2D eigenvalue weighted by molar-refractivity contribution is 7.16. The third kappa shape index (κ3) is 3.39. The molecule has 2 heterocycles. The summed E-state index contributed by atoms with van der Waals surface area (Å²) >= 11 is 1.44. The summed E-state index contributed by atoms with van der Waals surface area (Å²) in [5.74, 6) is 0.174. The number of anilines is 1. The minimum atomic E-state index is -0.279. The van der Waals surface area contributed by atoms with E-state index in [9.17, 15) is 9.59 Å². The maximum atomic E-state index is 12.5. The quantitative estimate of drug-likeness (QED) is 0.724. The zero-order valence-electron chi connectivity index (χ0n) is 13.9. The molecule has 1 unspecified atom stereocenters. The largest absolute Gasteiger partial charge is 0.467 e. The van der Waals surface area contributed by atoms with Gasteiger partial charge in [0.2, 0.25) is 5.91 Å². The summed E-state index contributed by atoms with van der Waals surface area (Å²) in [5.41, 5.74) is 1.35. The number of nitrogens with one attached hydrogen (secondary N) is 2. The van der Waals surface area contributed by atoms with Crippen LogP contribution in [-0.2, 0) is 17.8 Å². The lowest BCUT2D eigenvalue weighted by Gasteiger charge is -2.09. The van der Waals surface area contributed by atoms with E-state index in [4.69, 9.17) is 4.42 Å². The number of benzene rings is 1. The van der Waals surface area contributed by atoms with Crippen molar-refractivity contribution in [2.45, 2.75) is 25.3 Å². The molecule has 132 valence electrons. The molecular weight excluding hydrogens is 350 g/mol. The third-order valence-electron chi connectivity index (χ3n) is 4.31. The molecule has 2 amide bonds. The molecule has 0 fully saturated rings. The summed E-state index contributed by atoms with van der Waals surface area (Å²) in [4.78, 5) is 30.3. The number of fused-ring (bicyclic) bond motifs is 1. The van der Waals surface area contributed by atoms with Crippen LogP contribution >= 0.6 is 11.3 Å². The Labute approximate surface area is 154 Å². The Morgan fingerprint density at radius 3 is 2.81 bits per heavy atom. The van der Waals surface area contributed by atoms with Gasteiger partial charge in [-0.25, -0.2) is 4.98 Å². The first-order valence-corrected chi connectivity index (χ1v) is 9.18. The molecule has 2 N–H and O–H groups in total. The molecule has 0 aliphatic heterocycles. The minimum Gasteiger partial charge on any atom is -0.467 e. The van der Waals surface area contributed by atoms with Crippen LogP contribution in [0, 0.1) is 0 Å². The molecule has 1 aliphatic carbocycles. The van der Waals surface area contributed by atoms with E-state index in [0.29, 0.717) is 23.0 Å². The number of amides is 2. The van der Waals surface area contributed by atoms with E-state index in [0.717, 1.165) is 23.4 Å². The molecule has 0 radical (unpaired) electrons. The number of carbonyl (C=O) groups excluding carboxylic acids is 2. The van der Waals surface area contributed by atoms with Gasteiger partial charge >= 0.3 is 0 Å². The van der Waals surface area contributed by atoms with Gasteiger partial charge in [0.15, 0.2) is 5.13 Å². The molecule has 1 atom stereocenters. The summed E-state index contributed by atoms with van der Waals surface area (Å²) < 4.78 is 5.23. The van der Waals surface area contributed by atoms with Crippen LogP contribution in [0.25, 0.3) is 0 Å². The molecule has 2 aromatic heterocycles. The Morgan fingerprint density at radius 2 is 2.04 bits per heavy atom. The van der Waals surface area contributed by atoms with Gasteiger partial charge in [-0.1, -0.05) is 18.2 Å². The number of aromatic nitrogens is 1. The summed E-state index contributed by atoms with van der Waals surface area (Å²) in [6.45, 7) is 0.361. The fourth-order valence-corrected chi connectivity index (χ4v) is 4.04. The van der Waals surface area contributed by atoms with Gasteiger partial charge in [0, 0.05) is 10.4 Å². The molecular formula is C19H17N3O3S. The van der Waals surface area contributed by atoms with Crippen molar-refractivity contribution in [2.24, 2.45) is 0 Å². The molecule has 0 spiro atoms. The van der Waals surface area contributed by atoms with Crippen LogP contribution in [0.5, 0.6) is 0 Å². The van der Waals surface area contributed by atoms with Crippen molar-refractivity contribution < 1.29 is 14.0 Å². The molecule has 0 bridgehead atoms. The van der Waals surface area contributed by atoms with Gasteiger partial charge in [-0.3, -0.25) is 14.9 Å². The van der Waals surface area contributed by atoms with Gasteiger partial charge in [-0.15, -0.1) is 11.3 Å². The normalized spacial score (nSPS) is 15.5. The molecule has 0 saturated heterocycles. The Bertz CT molecular complexity index is 919. The second-order valence-electron chi connectivity index (χ2n) is 6.04. The topological polar surface area (TPSA) is 84.2 Å². The summed E-state index contributed by atoms with van der Waals surface area (Å²) in [6.07, 6.45) is 3.12. The number of aryl methyl sites for hydroxylation is 1. The monoisotopic (exact) mass is 367 g/mol. The average molecular weight is 367 g/mol. The van der Waals surface area contributed by atoms with Crippen molar-refractivity contribution in [3.05, 3.63) is 70.6 Å². The molecule has 4 rings (SSSR count). The Kier molecular flexibility index (Phi) is 4.53. The summed E-state index contributed by atoms with van der Waals surface area (Å²) in [6, 6.07) is 12.6. The van der Waals surface area contributed by atoms with Crippen molar-refractivity contribution in [1.29, 1.82) is 0 Å². The van der Waals surface area contributed by atoms with E-state index in [1.165, 1.54) is 11.3 Å². The summed E-state index contributed by atoms with van der Waals surface area (Å²) in [5, 5.41) is 6.25. The number of hydrogen-bond acceptors (Lipinski definition) is 5. The zero-order valence-corrected chi connectivity index (χ0v) is 14.7. The first-order valence-electron chi connectivity index (χ1n) is 8.37. The van der Waals surface area contributed by atoms with E-state index < -0.39 is 0 Å². The smallest absolute Gasteiger partial charge is 0.257 e. The van der Waals surface area contributed by atoms with Gasteiger partial charge in [0.1, 0.15) is 5.76 Å². The first kappa shape index (κ1) is 16.5. The lowest BCUT2D eigenvalue weighted by Crippen LogP contribution is -2.28. The molecule has 6 nitrogen and oxygen atoms in total. The Hall–Kier alpha value is -2.93. The Morgan fingerprint density at radius 1 is 1.19 bits per heavy atom. The number of carbonyl (C=O) groups is 2. The van der Waals surface area contributed by atoms with Crippen LogP contribution in [0.2, 0.25) is 0 Å². The van der Waals surface area contributed by atoms with E-state index in [1.807, 2.05) is 24.3 Å². The number of nitrogens with zero attached hydrogens (tertiary/aromatic N) is 1. The number of furan rings is 1. The van der Waals surface area contributed by atoms with Crippen LogP contribution < -0.4 is 10.6 Å². The van der Waals surface area contributed by atoms with E-state index in [-0.39, 0.29) is 17.7 Å². The second kappa shape index (κ2) is 7.13. The van der Waals surface area contributed by atoms with Crippen molar-refractivity contribution in [3.8, 4) is 0 Å². The Balaban J connectivity index is 1.42. The van der Waals surface area contributed by atoms with Gasteiger partial charge in [-0.05, 0) is 37.1 Å². The molecule has 0 saturated carbocycles. The van der Waals surface area contributed by atoms with Gasteiger partial charge in [0.05, 0.1) is 24.4 Å². The zero-order chi connectivity index (χ0) is 17.9. The third-order valence-corrected chi connectivity index (χ3v) is 5.35. The van der Waals surface area contributed by atoms with Gasteiger partial charge in [0.25, 0.3) is 5.91 Å².